The van der Waals surface area contributed by atoms with E-state index in [2.05, 4.69) is 31.1 Å². The maximum absolute atomic E-state index is 12.8. The van der Waals surface area contributed by atoms with Crippen LogP contribution in [0.15, 0.2) is 24.3 Å². The monoisotopic (exact) mass is 523 g/mol. The number of nitrogens with one attached hydrogen (secondary N) is 1. The molecule has 1 unspecified atom stereocenters. The van der Waals surface area contributed by atoms with E-state index in [0.717, 1.165) is 19.3 Å². The van der Waals surface area contributed by atoms with Crippen LogP contribution >= 0.6 is 0 Å². The molecule has 0 spiro atoms. The van der Waals surface area contributed by atoms with E-state index in [1.165, 1.54) is 90.4 Å². The van der Waals surface area contributed by atoms with Crippen molar-refractivity contribution in [1.29, 1.82) is 0 Å². The van der Waals surface area contributed by atoms with Crippen molar-refractivity contribution in [3.8, 4) is 0 Å². The lowest BCUT2D eigenvalue weighted by Crippen LogP contribution is -2.49. The number of unbranched alkanes of at least 4 members (excludes halogenated alkanes) is 14. The van der Waals surface area contributed by atoms with Gasteiger partial charge < -0.3 is 14.7 Å². The molecule has 0 saturated heterocycles. The summed E-state index contributed by atoms with van der Waals surface area (Å²) in [4.78, 5) is 29.3. The molecule has 6 nitrogen and oxygen atoms in total. The van der Waals surface area contributed by atoms with E-state index >= 15 is 0 Å². The number of carbonyl (C=O) groups excluding carboxylic acids is 2. The lowest BCUT2D eigenvalue weighted by atomic mass is 9.91. The molecule has 1 amide bonds. The van der Waals surface area contributed by atoms with Crippen molar-refractivity contribution < 1.29 is 24.3 Å². The minimum atomic E-state index is -1.06. The van der Waals surface area contributed by atoms with Gasteiger partial charge in [0.15, 0.2) is 0 Å². The molecule has 0 aromatic rings. The molecule has 0 aromatic heterocycles. The summed E-state index contributed by atoms with van der Waals surface area (Å²) in [6.07, 6.45) is 26.2. The third kappa shape index (κ3) is 19.1. The minimum absolute atomic E-state index is 0.00153. The number of allylic oxidation sites excluding steroid dienone is 2. The number of hydrogen-bond acceptors (Lipinski definition) is 5. The fraction of sp³-hybridized carbons (Fsp3) is 0.806. The van der Waals surface area contributed by atoms with Gasteiger partial charge in [-0.15, -0.1) is 0 Å². The standard InChI is InChI=1S/C31H57NO5/c1-5-7-8-9-10-11-12-13-14-15-16-17-18-19-20-21-22-23-25-31(6-2,36-27-24-26-33)30(35)32-37-29(34)28(3)4/h13-14,33H,3,5-12,15-27H2,1-2,4H3,(H,32,35)/b14-13-. The van der Waals surface area contributed by atoms with Crippen LogP contribution in [-0.2, 0) is 19.2 Å². The first kappa shape index (κ1) is 35.3. The molecule has 37 heavy (non-hydrogen) atoms. The number of aliphatic hydroxyl groups is 1. The summed E-state index contributed by atoms with van der Waals surface area (Å²) in [5, 5.41) is 9.09. The SMILES string of the molecule is C=C(C)C(=O)ONC(=O)C(CC)(CCCCCCCCCC/C=C\CCCCCCCC)OCCCO. The molecule has 0 radical (unpaired) electrons. The van der Waals surface area contributed by atoms with Gasteiger partial charge in [-0.3, -0.25) is 4.79 Å². The van der Waals surface area contributed by atoms with E-state index < -0.39 is 17.5 Å². The summed E-state index contributed by atoms with van der Waals surface area (Å²) < 4.78 is 5.92. The molecule has 0 aliphatic carbocycles. The number of ether oxygens (including phenoxy) is 1. The zero-order valence-electron chi connectivity index (χ0n) is 24.3. The zero-order chi connectivity index (χ0) is 27.6. The van der Waals surface area contributed by atoms with Gasteiger partial charge >= 0.3 is 5.97 Å². The molecule has 1 atom stereocenters. The Morgan fingerprint density at radius 2 is 1.32 bits per heavy atom. The molecule has 0 heterocycles. The van der Waals surface area contributed by atoms with Gasteiger partial charge in [-0.05, 0) is 51.9 Å². The molecule has 216 valence electrons. The molecule has 0 aliphatic rings. The van der Waals surface area contributed by atoms with Crippen LogP contribution in [0.25, 0.3) is 0 Å². The van der Waals surface area contributed by atoms with Crippen molar-refractivity contribution in [2.45, 2.75) is 148 Å². The fourth-order valence-corrected chi connectivity index (χ4v) is 4.31. The second-order valence-corrected chi connectivity index (χ2v) is 10.3. The topological polar surface area (TPSA) is 84.9 Å². The van der Waals surface area contributed by atoms with Crippen molar-refractivity contribution in [3.05, 3.63) is 24.3 Å². The Bertz CT molecular complexity index is 619. The van der Waals surface area contributed by atoms with Crippen LogP contribution in [0.3, 0.4) is 0 Å². The average Bonchev–Trinajstić information content (AvgIpc) is 2.89. The molecular weight excluding hydrogens is 466 g/mol. The van der Waals surface area contributed by atoms with Crippen molar-refractivity contribution in [2.24, 2.45) is 0 Å². The van der Waals surface area contributed by atoms with Crippen LogP contribution in [0.1, 0.15) is 143 Å². The van der Waals surface area contributed by atoms with Crippen LogP contribution in [0.5, 0.6) is 0 Å². The summed E-state index contributed by atoms with van der Waals surface area (Å²) in [6.45, 7) is 9.47. The maximum atomic E-state index is 12.8. The molecule has 6 heteroatoms. The summed E-state index contributed by atoms with van der Waals surface area (Å²) in [7, 11) is 0. The molecule has 0 bridgehead atoms. The quantitative estimate of drug-likeness (QED) is 0.0550. The van der Waals surface area contributed by atoms with E-state index in [1.807, 2.05) is 6.92 Å². The number of rotatable bonds is 25. The number of carbonyl (C=O) groups is 2. The van der Waals surface area contributed by atoms with Crippen molar-refractivity contribution >= 4 is 11.9 Å². The first-order valence-corrected chi connectivity index (χ1v) is 15.0. The number of hydroxylamine groups is 1. The maximum Gasteiger partial charge on any atom is 0.358 e. The molecule has 0 aliphatic heterocycles. The lowest BCUT2D eigenvalue weighted by molar-refractivity contribution is -0.170. The summed E-state index contributed by atoms with van der Waals surface area (Å²) >= 11 is 0. The Hall–Kier alpha value is -1.66. The first-order valence-electron chi connectivity index (χ1n) is 15.0. The highest BCUT2D eigenvalue weighted by Crippen LogP contribution is 2.25. The highest BCUT2D eigenvalue weighted by molar-refractivity contribution is 5.90. The summed E-state index contributed by atoms with van der Waals surface area (Å²) in [5.41, 5.74) is 1.40. The van der Waals surface area contributed by atoms with Gasteiger partial charge in [0, 0.05) is 12.2 Å². The van der Waals surface area contributed by atoms with Gasteiger partial charge in [-0.1, -0.05) is 110 Å². The van der Waals surface area contributed by atoms with E-state index in [0.29, 0.717) is 19.3 Å². The van der Waals surface area contributed by atoms with Crippen LogP contribution in [0.4, 0.5) is 0 Å². The van der Waals surface area contributed by atoms with Gasteiger partial charge in [0.2, 0.25) is 0 Å². The molecule has 2 N–H and O–H groups in total. The Labute approximate surface area is 227 Å². The predicted molar refractivity (Wildman–Crippen MR) is 153 cm³/mol. The van der Waals surface area contributed by atoms with Crippen LogP contribution in [0.2, 0.25) is 0 Å². The molecular formula is C31H57NO5. The second kappa shape index (κ2) is 24.7. The number of hydrogen-bond donors (Lipinski definition) is 2. The van der Waals surface area contributed by atoms with Crippen molar-refractivity contribution in [3.63, 3.8) is 0 Å². The van der Waals surface area contributed by atoms with E-state index in [-0.39, 0.29) is 18.8 Å². The van der Waals surface area contributed by atoms with Gasteiger partial charge in [0.1, 0.15) is 5.60 Å². The van der Waals surface area contributed by atoms with Crippen molar-refractivity contribution in [1.82, 2.24) is 5.48 Å². The second-order valence-electron chi connectivity index (χ2n) is 10.3. The first-order chi connectivity index (χ1) is 17.9. The van der Waals surface area contributed by atoms with Gasteiger partial charge in [0.25, 0.3) is 5.91 Å². The molecule has 0 aromatic carbocycles. The third-order valence-corrected chi connectivity index (χ3v) is 6.84. The van der Waals surface area contributed by atoms with E-state index in [4.69, 9.17) is 14.7 Å². The van der Waals surface area contributed by atoms with Gasteiger partial charge in [-0.2, -0.15) is 5.48 Å². The third-order valence-electron chi connectivity index (χ3n) is 6.84. The molecule has 0 rings (SSSR count). The summed E-state index contributed by atoms with van der Waals surface area (Å²) in [6, 6.07) is 0. The largest absolute Gasteiger partial charge is 0.396 e. The Morgan fingerprint density at radius 1 is 0.811 bits per heavy atom. The normalized spacial score (nSPS) is 13.0. The molecule has 0 saturated carbocycles. The minimum Gasteiger partial charge on any atom is -0.396 e. The highest BCUT2D eigenvalue weighted by Gasteiger charge is 2.38. The van der Waals surface area contributed by atoms with Gasteiger partial charge in [-0.25, -0.2) is 4.79 Å². The Balaban J connectivity index is 4.02. The Kier molecular flexibility index (Phi) is 23.6. The van der Waals surface area contributed by atoms with Crippen LogP contribution in [0, 0.1) is 0 Å². The smallest absolute Gasteiger partial charge is 0.358 e. The Morgan fingerprint density at radius 3 is 1.81 bits per heavy atom. The highest BCUT2D eigenvalue weighted by atomic mass is 16.7. The number of aliphatic hydroxyl groups excluding tert-OH is 1. The van der Waals surface area contributed by atoms with Gasteiger partial charge in [0.05, 0.1) is 6.61 Å². The van der Waals surface area contributed by atoms with Crippen LogP contribution in [-0.4, -0.2) is 35.8 Å². The van der Waals surface area contributed by atoms with E-state index in [9.17, 15) is 9.59 Å². The zero-order valence-corrected chi connectivity index (χ0v) is 24.3. The average molecular weight is 524 g/mol. The summed E-state index contributed by atoms with van der Waals surface area (Å²) in [5.74, 6) is -1.12. The van der Waals surface area contributed by atoms with Crippen LogP contribution < -0.4 is 5.48 Å². The van der Waals surface area contributed by atoms with Crippen molar-refractivity contribution in [2.75, 3.05) is 13.2 Å². The van der Waals surface area contributed by atoms with E-state index in [1.54, 1.807) is 0 Å². The predicted octanol–water partition coefficient (Wildman–Crippen LogP) is 7.89. The lowest BCUT2D eigenvalue weighted by Gasteiger charge is -2.31. The fourth-order valence-electron chi connectivity index (χ4n) is 4.31. The number of amides is 1. The molecule has 0 fully saturated rings.